The van der Waals surface area contributed by atoms with Crippen molar-refractivity contribution in [3.05, 3.63) is 51.5 Å². The predicted molar refractivity (Wildman–Crippen MR) is 101 cm³/mol. The number of thioether (sulfide) groups is 1. The van der Waals surface area contributed by atoms with Crippen LogP contribution in [0.1, 0.15) is 11.1 Å². The van der Waals surface area contributed by atoms with Crippen LogP contribution in [0, 0.1) is 13.8 Å². The van der Waals surface area contributed by atoms with Gasteiger partial charge in [-0.05, 0) is 43.2 Å². The van der Waals surface area contributed by atoms with Crippen LogP contribution in [0.15, 0.2) is 35.5 Å². The van der Waals surface area contributed by atoms with Crippen LogP contribution >= 0.6 is 35.0 Å². The van der Waals surface area contributed by atoms with Gasteiger partial charge < -0.3 is 10.3 Å². The molecule has 0 spiro atoms. The third-order valence-corrected chi connectivity index (χ3v) is 5.18. The Morgan fingerprint density at radius 2 is 2.04 bits per heavy atom. The second-order valence-corrected chi connectivity index (χ2v) is 7.20. The number of aryl methyl sites for hydroxylation is 2. The number of aromatic amines is 1. The molecule has 0 radical (unpaired) electrons. The van der Waals surface area contributed by atoms with Crippen LogP contribution in [-0.4, -0.2) is 21.6 Å². The summed E-state index contributed by atoms with van der Waals surface area (Å²) in [6, 6.07) is 9.51. The molecule has 3 rings (SSSR count). The quantitative estimate of drug-likeness (QED) is 0.611. The highest BCUT2D eigenvalue weighted by Crippen LogP contribution is 2.33. The number of hydrogen-bond acceptors (Lipinski definition) is 3. The van der Waals surface area contributed by atoms with Crippen molar-refractivity contribution in [1.82, 2.24) is 9.97 Å². The number of amides is 1. The first-order valence-electron chi connectivity index (χ1n) is 7.27. The third-order valence-electron chi connectivity index (χ3n) is 3.50. The van der Waals surface area contributed by atoms with E-state index in [1.54, 1.807) is 6.07 Å². The van der Waals surface area contributed by atoms with Crippen LogP contribution in [0.4, 0.5) is 5.69 Å². The van der Waals surface area contributed by atoms with E-state index in [0.717, 1.165) is 22.2 Å². The summed E-state index contributed by atoms with van der Waals surface area (Å²) in [5.41, 5.74) is 4.31. The minimum absolute atomic E-state index is 0.189. The molecule has 0 aliphatic carbocycles. The van der Waals surface area contributed by atoms with Gasteiger partial charge in [-0.25, -0.2) is 4.98 Å². The number of benzene rings is 2. The molecule has 0 saturated heterocycles. The fourth-order valence-electron chi connectivity index (χ4n) is 2.25. The molecule has 0 atom stereocenters. The van der Waals surface area contributed by atoms with E-state index in [9.17, 15) is 4.79 Å². The zero-order valence-corrected chi connectivity index (χ0v) is 15.4. The molecular weight excluding hydrogens is 365 g/mol. The van der Waals surface area contributed by atoms with E-state index < -0.39 is 0 Å². The average molecular weight is 380 g/mol. The number of nitrogens with one attached hydrogen (secondary N) is 2. The van der Waals surface area contributed by atoms with E-state index in [1.165, 1.54) is 11.8 Å². The molecule has 0 unspecified atom stereocenters. The summed E-state index contributed by atoms with van der Waals surface area (Å²) in [6.07, 6.45) is 0. The van der Waals surface area contributed by atoms with Gasteiger partial charge in [-0.1, -0.05) is 47.1 Å². The third kappa shape index (κ3) is 3.69. The number of nitrogens with zero attached hydrogens (tertiary/aromatic N) is 1. The molecule has 24 heavy (non-hydrogen) atoms. The second-order valence-electron chi connectivity index (χ2n) is 5.45. The first kappa shape index (κ1) is 17.1. The van der Waals surface area contributed by atoms with Crippen molar-refractivity contribution in [2.24, 2.45) is 0 Å². The Morgan fingerprint density at radius 3 is 2.83 bits per heavy atom. The molecule has 2 aromatic carbocycles. The van der Waals surface area contributed by atoms with E-state index in [0.29, 0.717) is 20.9 Å². The normalized spacial score (nSPS) is 11.0. The van der Waals surface area contributed by atoms with Gasteiger partial charge in [0, 0.05) is 0 Å². The molecule has 1 aromatic heterocycles. The van der Waals surface area contributed by atoms with Gasteiger partial charge in [0.05, 0.1) is 32.5 Å². The molecule has 7 heteroatoms. The lowest BCUT2D eigenvalue weighted by Crippen LogP contribution is -2.15. The highest BCUT2D eigenvalue weighted by atomic mass is 35.5. The molecule has 1 amide bonds. The van der Waals surface area contributed by atoms with Gasteiger partial charge in [-0.3, -0.25) is 4.79 Å². The molecule has 4 nitrogen and oxygen atoms in total. The molecule has 0 fully saturated rings. The largest absolute Gasteiger partial charge is 0.333 e. The molecule has 0 aliphatic rings. The van der Waals surface area contributed by atoms with E-state index in [2.05, 4.69) is 15.3 Å². The number of carbonyl (C=O) groups is 1. The van der Waals surface area contributed by atoms with Crippen LogP contribution in [0.3, 0.4) is 0 Å². The summed E-state index contributed by atoms with van der Waals surface area (Å²) in [4.78, 5) is 19.8. The van der Waals surface area contributed by atoms with Crippen molar-refractivity contribution in [3.63, 3.8) is 0 Å². The number of aromatic nitrogens is 2. The lowest BCUT2D eigenvalue weighted by molar-refractivity contribution is -0.113. The van der Waals surface area contributed by atoms with Gasteiger partial charge in [-0.15, -0.1) is 0 Å². The highest BCUT2D eigenvalue weighted by Gasteiger charge is 2.13. The van der Waals surface area contributed by atoms with Crippen LogP contribution in [-0.2, 0) is 4.79 Å². The molecule has 3 aromatic rings. The average Bonchev–Trinajstić information content (AvgIpc) is 2.95. The van der Waals surface area contributed by atoms with Crippen molar-refractivity contribution in [2.45, 2.75) is 19.0 Å². The molecule has 2 N–H and O–H groups in total. The van der Waals surface area contributed by atoms with E-state index >= 15 is 0 Å². The van der Waals surface area contributed by atoms with Gasteiger partial charge in [0.1, 0.15) is 0 Å². The first-order chi connectivity index (χ1) is 11.4. The van der Waals surface area contributed by atoms with Gasteiger partial charge in [0.2, 0.25) is 5.91 Å². The summed E-state index contributed by atoms with van der Waals surface area (Å²) >= 11 is 13.6. The smallest absolute Gasteiger partial charge is 0.234 e. The number of hydrogen-bond donors (Lipinski definition) is 2. The summed E-state index contributed by atoms with van der Waals surface area (Å²) in [6.45, 7) is 3.88. The summed E-state index contributed by atoms with van der Waals surface area (Å²) in [5, 5.41) is 4.35. The van der Waals surface area contributed by atoms with Crippen LogP contribution in [0.25, 0.3) is 11.0 Å². The number of fused-ring (bicyclic) bond motifs is 1. The van der Waals surface area contributed by atoms with Crippen molar-refractivity contribution >= 4 is 57.6 Å². The summed E-state index contributed by atoms with van der Waals surface area (Å²) < 4.78 is 0. The van der Waals surface area contributed by atoms with Crippen LogP contribution < -0.4 is 5.32 Å². The van der Waals surface area contributed by atoms with E-state index in [1.807, 2.05) is 38.1 Å². The van der Waals surface area contributed by atoms with Gasteiger partial charge in [-0.2, -0.15) is 0 Å². The SMILES string of the molecule is Cc1ccc2nc(SCC(=O)Nc3c(Cl)ccc(C)c3Cl)[nH]c2c1. The molecular formula is C17H15Cl2N3OS. The van der Waals surface area contributed by atoms with Crippen molar-refractivity contribution in [1.29, 1.82) is 0 Å². The Kier molecular flexibility index (Phi) is 5.04. The Hall–Kier alpha value is -1.69. The zero-order valence-electron chi connectivity index (χ0n) is 13.1. The summed E-state index contributed by atoms with van der Waals surface area (Å²) in [7, 11) is 0. The number of carbonyl (C=O) groups excluding carboxylic acids is 1. The fraction of sp³-hybridized carbons (Fsp3) is 0.176. The van der Waals surface area contributed by atoms with Crippen LogP contribution in [0.5, 0.6) is 0 Å². The Morgan fingerprint density at radius 1 is 1.25 bits per heavy atom. The first-order valence-corrected chi connectivity index (χ1v) is 9.02. The molecule has 0 bridgehead atoms. The van der Waals surface area contributed by atoms with Crippen molar-refractivity contribution < 1.29 is 4.79 Å². The molecule has 0 saturated carbocycles. The Balaban J connectivity index is 1.68. The Labute approximate surface area is 153 Å². The molecule has 1 heterocycles. The standard InChI is InChI=1S/C17H15Cl2N3OS/c1-9-3-6-12-13(7-9)21-17(20-12)24-8-14(23)22-16-11(18)5-4-10(2)15(16)19/h3-7H,8H2,1-2H3,(H,20,21)(H,22,23). The van der Waals surface area contributed by atoms with Gasteiger partial charge in [0.25, 0.3) is 0 Å². The van der Waals surface area contributed by atoms with Crippen molar-refractivity contribution in [3.8, 4) is 0 Å². The molecule has 0 aliphatic heterocycles. The Bertz CT molecular complexity index is 924. The van der Waals surface area contributed by atoms with Gasteiger partial charge >= 0.3 is 0 Å². The van der Waals surface area contributed by atoms with E-state index in [-0.39, 0.29) is 11.7 Å². The number of halogens is 2. The maximum absolute atomic E-state index is 12.2. The number of anilines is 1. The highest BCUT2D eigenvalue weighted by molar-refractivity contribution is 7.99. The van der Waals surface area contributed by atoms with Gasteiger partial charge in [0.15, 0.2) is 5.16 Å². The molecule has 124 valence electrons. The minimum Gasteiger partial charge on any atom is -0.333 e. The fourth-order valence-corrected chi connectivity index (χ4v) is 3.40. The lowest BCUT2D eigenvalue weighted by atomic mass is 10.2. The topological polar surface area (TPSA) is 57.8 Å². The second kappa shape index (κ2) is 7.05. The number of imidazole rings is 1. The number of rotatable bonds is 4. The summed E-state index contributed by atoms with van der Waals surface area (Å²) in [5.74, 6) is 0.0189. The van der Waals surface area contributed by atoms with Crippen LogP contribution in [0.2, 0.25) is 10.0 Å². The predicted octanol–water partition coefficient (Wildman–Crippen LogP) is 5.22. The monoisotopic (exact) mass is 379 g/mol. The van der Waals surface area contributed by atoms with E-state index in [4.69, 9.17) is 23.2 Å². The maximum atomic E-state index is 12.2. The minimum atomic E-state index is -0.189. The maximum Gasteiger partial charge on any atom is 0.234 e. The zero-order chi connectivity index (χ0) is 17.3. The number of H-pyrrole nitrogens is 1. The van der Waals surface area contributed by atoms with Crippen molar-refractivity contribution in [2.75, 3.05) is 11.1 Å². The lowest BCUT2D eigenvalue weighted by Gasteiger charge is -2.10.